The SMILES string of the molecule is CCCCCCCCCCCCCCCCCCC(O)CCCCCCCCCCCCCCC. The highest BCUT2D eigenvalue weighted by molar-refractivity contribution is 4.58. The fourth-order valence-corrected chi connectivity index (χ4v) is 5.47. The lowest BCUT2D eigenvalue weighted by Gasteiger charge is -2.10. The van der Waals surface area contributed by atoms with E-state index in [2.05, 4.69) is 13.8 Å². The third-order valence-corrected chi connectivity index (χ3v) is 8.03. The Morgan fingerprint density at radius 1 is 0.286 bits per heavy atom. The van der Waals surface area contributed by atoms with Crippen LogP contribution < -0.4 is 0 Å². The molecule has 0 amide bonds. The molecule has 0 aromatic carbocycles. The lowest BCUT2D eigenvalue weighted by atomic mass is 10.0. The highest BCUT2D eigenvalue weighted by Gasteiger charge is 2.04. The van der Waals surface area contributed by atoms with Crippen molar-refractivity contribution >= 4 is 0 Å². The molecule has 0 saturated heterocycles. The molecule has 0 spiro atoms. The van der Waals surface area contributed by atoms with Gasteiger partial charge in [-0.2, -0.15) is 0 Å². The summed E-state index contributed by atoms with van der Waals surface area (Å²) in [5.74, 6) is 0. The molecule has 212 valence electrons. The molecular weight excluding hydrogens is 424 g/mol. The van der Waals surface area contributed by atoms with Gasteiger partial charge in [0.25, 0.3) is 0 Å². The topological polar surface area (TPSA) is 20.2 Å². The second-order valence-corrected chi connectivity index (χ2v) is 11.8. The van der Waals surface area contributed by atoms with Gasteiger partial charge in [-0.25, -0.2) is 0 Å². The lowest BCUT2D eigenvalue weighted by Crippen LogP contribution is -2.05. The predicted molar refractivity (Wildman–Crippen MR) is 160 cm³/mol. The van der Waals surface area contributed by atoms with Gasteiger partial charge in [0.1, 0.15) is 0 Å². The van der Waals surface area contributed by atoms with Crippen LogP contribution in [0.5, 0.6) is 0 Å². The van der Waals surface area contributed by atoms with Gasteiger partial charge in [-0.3, -0.25) is 0 Å². The van der Waals surface area contributed by atoms with Crippen molar-refractivity contribution in [2.75, 3.05) is 0 Å². The van der Waals surface area contributed by atoms with Crippen LogP contribution in [0.1, 0.15) is 213 Å². The van der Waals surface area contributed by atoms with E-state index in [0.29, 0.717) is 0 Å². The summed E-state index contributed by atoms with van der Waals surface area (Å²) in [5, 5.41) is 10.2. The Kier molecular flexibility index (Phi) is 32.0. The molecule has 0 saturated carbocycles. The zero-order valence-corrected chi connectivity index (χ0v) is 24.9. The van der Waals surface area contributed by atoms with Crippen LogP contribution in [0.15, 0.2) is 0 Å². The van der Waals surface area contributed by atoms with E-state index in [1.165, 1.54) is 186 Å². The zero-order valence-electron chi connectivity index (χ0n) is 24.9. The van der Waals surface area contributed by atoms with Crippen LogP contribution in [0.25, 0.3) is 0 Å². The largest absolute Gasteiger partial charge is 0.393 e. The average Bonchev–Trinajstić information content (AvgIpc) is 2.86. The van der Waals surface area contributed by atoms with E-state index in [1.807, 2.05) is 0 Å². The molecule has 1 unspecified atom stereocenters. The highest BCUT2D eigenvalue weighted by Crippen LogP contribution is 2.17. The van der Waals surface area contributed by atoms with Crippen LogP contribution in [0.4, 0.5) is 0 Å². The molecule has 1 atom stereocenters. The molecule has 0 aliphatic heterocycles. The van der Waals surface area contributed by atoms with E-state index in [-0.39, 0.29) is 6.10 Å². The van der Waals surface area contributed by atoms with Gasteiger partial charge in [0.05, 0.1) is 6.10 Å². The lowest BCUT2D eigenvalue weighted by molar-refractivity contribution is 0.147. The van der Waals surface area contributed by atoms with Crippen LogP contribution in [-0.4, -0.2) is 11.2 Å². The molecular formula is C34H70O. The van der Waals surface area contributed by atoms with Gasteiger partial charge in [-0.05, 0) is 12.8 Å². The summed E-state index contributed by atoms with van der Waals surface area (Å²) in [6.07, 6.45) is 43.0. The molecule has 0 radical (unpaired) electrons. The molecule has 1 nitrogen and oxygen atoms in total. The van der Waals surface area contributed by atoms with Crippen molar-refractivity contribution in [3.05, 3.63) is 0 Å². The quantitative estimate of drug-likeness (QED) is 0.0950. The number of hydrogen-bond donors (Lipinski definition) is 1. The Labute approximate surface area is 224 Å². The third-order valence-electron chi connectivity index (χ3n) is 8.03. The Hall–Kier alpha value is -0.0400. The number of unbranched alkanes of at least 4 members (excludes halogenated alkanes) is 27. The van der Waals surface area contributed by atoms with E-state index < -0.39 is 0 Å². The summed E-state index contributed by atoms with van der Waals surface area (Å²) in [7, 11) is 0. The van der Waals surface area contributed by atoms with E-state index >= 15 is 0 Å². The van der Waals surface area contributed by atoms with Crippen LogP contribution in [0.3, 0.4) is 0 Å². The smallest absolute Gasteiger partial charge is 0.0540 e. The minimum atomic E-state index is -0.0330. The summed E-state index contributed by atoms with van der Waals surface area (Å²) in [6, 6.07) is 0. The second-order valence-electron chi connectivity index (χ2n) is 11.8. The van der Waals surface area contributed by atoms with Gasteiger partial charge in [0.15, 0.2) is 0 Å². The van der Waals surface area contributed by atoms with Crippen molar-refractivity contribution in [3.8, 4) is 0 Å². The van der Waals surface area contributed by atoms with Gasteiger partial charge in [0.2, 0.25) is 0 Å². The first-order chi connectivity index (χ1) is 17.3. The van der Waals surface area contributed by atoms with E-state index in [1.54, 1.807) is 0 Å². The molecule has 0 aromatic heterocycles. The Morgan fingerprint density at radius 3 is 0.657 bits per heavy atom. The van der Waals surface area contributed by atoms with E-state index in [9.17, 15) is 5.11 Å². The standard InChI is InChI=1S/C34H70O/c1-3-5-7-9-11-13-15-17-18-19-21-23-25-27-29-31-33-34(35)32-30-28-26-24-22-20-16-14-12-10-8-6-4-2/h34-35H,3-33H2,1-2H3. The fraction of sp³-hybridized carbons (Fsp3) is 1.00. The van der Waals surface area contributed by atoms with Crippen molar-refractivity contribution in [1.82, 2.24) is 0 Å². The van der Waals surface area contributed by atoms with Crippen molar-refractivity contribution < 1.29 is 5.11 Å². The first-order valence-corrected chi connectivity index (χ1v) is 17.0. The highest BCUT2D eigenvalue weighted by atomic mass is 16.3. The minimum absolute atomic E-state index is 0.0330. The summed E-state index contributed by atoms with van der Waals surface area (Å²) in [4.78, 5) is 0. The summed E-state index contributed by atoms with van der Waals surface area (Å²) in [6.45, 7) is 4.59. The number of hydrogen-bond acceptors (Lipinski definition) is 1. The van der Waals surface area contributed by atoms with Crippen LogP contribution >= 0.6 is 0 Å². The maximum absolute atomic E-state index is 10.2. The Bertz CT molecular complexity index is 352. The predicted octanol–water partition coefficient (Wildman–Crippen LogP) is 12.5. The van der Waals surface area contributed by atoms with Gasteiger partial charge >= 0.3 is 0 Å². The maximum Gasteiger partial charge on any atom is 0.0540 e. The summed E-state index contributed by atoms with van der Waals surface area (Å²) < 4.78 is 0. The van der Waals surface area contributed by atoms with Gasteiger partial charge in [0, 0.05) is 0 Å². The number of aliphatic hydroxyl groups excluding tert-OH is 1. The molecule has 1 heteroatoms. The fourth-order valence-electron chi connectivity index (χ4n) is 5.47. The van der Waals surface area contributed by atoms with E-state index in [4.69, 9.17) is 0 Å². The first-order valence-electron chi connectivity index (χ1n) is 17.0. The molecule has 0 bridgehead atoms. The molecule has 35 heavy (non-hydrogen) atoms. The van der Waals surface area contributed by atoms with Crippen molar-refractivity contribution in [3.63, 3.8) is 0 Å². The molecule has 0 aliphatic carbocycles. The monoisotopic (exact) mass is 495 g/mol. The second kappa shape index (κ2) is 32.0. The Morgan fingerprint density at radius 2 is 0.457 bits per heavy atom. The van der Waals surface area contributed by atoms with Crippen molar-refractivity contribution in [2.24, 2.45) is 0 Å². The molecule has 1 N–H and O–H groups in total. The van der Waals surface area contributed by atoms with E-state index in [0.717, 1.165) is 12.8 Å². The average molecular weight is 495 g/mol. The van der Waals surface area contributed by atoms with Crippen LogP contribution in [0, 0.1) is 0 Å². The van der Waals surface area contributed by atoms with Crippen molar-refractivity contribution in [1.29, 1.82) is 0 Å². The molecule has 0 rings (SSSR count). The molecule has 0 aliphatic rings. The molecule has 0 heterocycles. The normalized spacial score (nSPS) is 12.4. The third kappa shape index (κ3) is 31.9. The van der Waals surface area contributed by atoms with Crippen LogP contribution in [0.2, 0.25) is 0 Å². The molecule has 0 aromatic rings. The van der Waals surface area contributed by atoms with Crippen molar-refractivity contribution in [2.45, 2.75) is 219 Å². The maximum atomic E-state index is 10.2. The zero-order chi connectivity index (χ0) is 25.5. The molecule has 0 fully saturated rings. The van der Waals surface area contributed by atoms with Gasteiger partial charge < -0.3 is 5.11 Å². The first kappa shape index (κ1) is 35.0. The summed E-state index contributed by atoms with van der Waals surface area (Å²) >= 11 is 0. The van der Waals surface area contributed by atoms with Gasteiger partial charge in [-0.15, -0.1) is 0 Å². The minimum Gasteiger partial charge on any atom is -0.393 e. The Balaban J connectivity index is 3.13. The van der Waals surface area contributed by atoms with Crippen LogP contribution in [-0.2, 0) is 0 Å². The van der Waals surface area contributed by atoms with Gasteiger partial charge in [-0.1, -0.05) is 200 Å². The number of aliphatic hydroxyl groups is 1. The summed E-state index contributed by atoms with van der Waals surface area (Å²) in [5.41, 5.74) is 0. The number of rotatable bonds is 31.